The highest BCUT2D eigenvalue weighted by molar-refractivity contribution is 5.76. The maximum Gasteiger partial charge on any atom is 0.221 e. The standard InChI is InChI=1S/C13H24N4O/c1-10(2)16-13(18)5-6-14-12(4)9-17-8-11(3)7-15-17/h7-8,10,12,14H,5-6,9H2,1-4H3,(H,16,18)/t12-/m1/s1. The zero-order valence-corrected chi connectivity index (χ0v) is 11.7. The highest BCUT2D eigenvalue weighted by atomic mass is 16.1. The van der Waals surface area contributed by atoms with Crippen LogP contribution in [0.3, 0.4) is 0 Å². The van der Waals surface area contributed by atoms with Gasteiger partial charge in [0.2, 0.25) is 5.91 Å². The molecule has 0 spiro atoms. The lowest BCUT2D eigenvalue weighted by Gasteiger charge is -2.14. The van der Waals surface area contributed by atoms with Gasteiger partial charge in [-0.2, -0.15) is 5.10 Å². The largest absolute Gasteiger partial charge is 0.354 e. The smallest absolute Gasteiger partial charge is 0.221 e. The molecule has 0 bridgehead atoms. The minimum absolute atomic E-state index is 0.0969. The van der Waals surface area contributed by atoms with Crippen LogP contribution >= 0.6 is 0 Å². The molecular formula is C13H24N4O. The molecule has 2 N–H and O–H groups in total. The molecule has 1 heterocycles. The van der Waals surface area contributed by atoms with Crippen molar-refractivity contribution in [1.29, 1.82) is 0 Å². The van der Waals surface area contributed by atoms with E-state index >= 15 is 0 Å². The van der Waals surface area contributed by atoms with E-state index in [1.54, 1.807) is 0 Å². The van der Waals surface area contributed by atoms with Gasteiger partial charge in [-0.15, -0.1) is 0 Å². The molecular weight excluding hydrogens is 228 g/mol. The Bertz CT molecular complexity index is 373. The normalized spacial score (nSPS) is 12.7. The van der Waals surface area contributed by atoms with Gasteiger partial charge in [-0.05, 0) is 33.3 Å². The molecule has 1 aromatic heterocycles. The fraction of sp³-hybridized carbons (Fsp3) is 0.692. The average molecular weight is 252 g/mol. The molecule has 1 rings (SSSR count). The van der Waals surface area contributed by atoms with Gasteiger partial charge in [0, 0.05) is 31.2 Å². The molecule has 0 aliphatic rings. The Kier molecular flexibility index (Phi) is 5.85. The third-order valence-corrected chi connectivity index (χ3v) is 2.52. The van der Waals surface area contributed by atoms with Crippen LogP contribution in [-0.2, 0) is 11.3 Å². The van der Waals surface area contributed by atoms with Crippen molar-refractivity contribution in [2.24, 2.45) is 0 Å². The summed E-state index contributed by atoms with van der Waals surface area (Å²) in [6.07, 6.45) is 4.38. The van der Waals surface area contributed by atoms with Crippen LogP contribution in [-0.4, -0.2) is 34.3 Å². The Morgan fingerprint density at radius 2 is 2.17 bits per heavy atom. The first-order chi connectivity index (χ1) is 8.47. The number of carbonyl (C=O) groups is 1. The van der Waals surface area contributed by atoms with Crippen LogP contribution < -0.4 is 10.6 Å². The highest BCUT2D eigenvalue weighted by Crippen LogP contribution is 1.96. The second kappa shape index (κ2) is 7.16. The van der Waals surface area contributed by atoms with E-state index in [1.807, 2.05) is 37.8 Å². The Balaban J connectivity index is 2.17. The van der Waals surface area contributed by atoms with E-state index in [4.69, 9.17) is 0 Å². The first-order valence-corrected chi connectivity index (χ1v) is 6.49. The predicted molar refractivity (Wildman–Crippen MR) is 72.3 cm³/mol. The summed E-state index contributed by atoms with van der Waals surface area (Å²) >= 11 is 0. The van der Waals surface area contributed by atoms with Crippen molar-refractivity contribution < 1.29 is 4.79 Å². The van der Waals surface area contributed by atoms with Gasteiger partial charge in [0.25, 0.3) is 0 Å². The van der Waals surface area contributed by atoms with Gasteiger partial charge in [-0.3, -0.25) is 9.48 Å². The molecule has 18 heavy (non-hydrogen) atoms. The average Bonchev–Trinajstić information content (AvgIpc) is 2.62. The highest BCUT2D eigenvalue weighted by Gasteiger charge is 2.06. The van der Waals surface area contributed by atoms with Gasteiger partial charge in [-0.25, -0.2) is 0 Å². The van der Waals surface area contributed by atoms with Gasteiger partial charge in [0.05, 0.1) is 12.7 Å². The molecule has 0 unspecified atom stereocenters. The summed E-state index contributed by atoms with van der Waals surface area (Å²) in [4.78, 5) is 11.4. The Labute approximate surface area is 109 Å². The number of nitrogens with zero attached hydrogens (tertiary/aromatic N) is 2. The minimum Gasteiger partial charge on any atom is -0.354 e. The molecule has 5 heteroatoms. The van der Waals surface area contributed by atoms with Gasteiger partial charge in [-0.1, -0.05) is 0 Å². The first-order valence-electron chi connectivity index (χ1n) is 6.49. The maximum atomic E-state index is 11.4. The molecule has 0 radical (unpaired) electrons. The van der Waals surface area contributed by atoms with Crippen LogP contribution in [0.15, 0.2) is 12.4 Å². The van der Waals surface area contributed by atoms with Crippen LogP contribution in [0.1, 0.15) is 32.8 Å². The second-order valence-electron chi connectivity index (χ2n) is 5.07. The van der Waals surface area contributed by atoms with Gasteiger partial charge < -0.3 is 10.6 Å². The topological polar surface area (TPSA) is 59.0 Å². The monoisotopic (exact) mass is 252 g/mol. The summed E-state index contributed by atoms with van der Waals surface area (Å²) in [5.41, 5.74) is 1.17. The van der Waals surface area contributed by atoms with E-state index in [9.17, 15) is 4.79 Å². The lowest BCUT2D eigenvalue weighted by Crippen LogP contribution is -2.36. The summed E-state index contributed by atoms with van der Waals surface area (Å²) in [5.74, 6) is 0.0969. The fourth-order valence-electron chi connectivity index (χ4n) is 1.74. The number of hydrogen-bond acceptors (Lipinski definition) is 3. The summed E-state index contributed by atoms with van der Waals surface area (Å²) in [7, 11) is 0. The van der Waals surface area contributed by atoms with Gasteiger partial charge in [0.15, 0.2) is 0 Å². The molecule has 1 atom stereocenters. The number of hydrogen-bond donors (Lipinski definition) is 2. The van der Waals surface area contributed by atoms with Gasteiger partial charge >= 0.3 is 0 Å². The first kappa shape index (κ1) is 14.7. The molecule has 102 valence electrons. The number of aryl methyl sites for hydroxylation is 1. The van der Waals surface area contributed by atoms with Crippen molar-refractivity contribution in [3.8, 4) is 0 Å². The Morgan fingerprint density at radius 1 is 1.44 bits per heavy atom. The second-order valence-corrected chi connectivity index (χ2v) is 5.07. The molecule has 5 nitrogen and oxygen atoms in total. The van der Waals surface area contributed by atoms with E-state index < -0.39 is 0 Å². The molecule has 1 amide bonds. The fourth-order valence-corrected chi connectivity index (χ4v) is 1.74. The quantitative estimate of drug-likeness (QED) is 0.763. The molecule has 0 aliphatic carbocycles. The van der Waals surface area contributed by atoms with Gasteiger partial charge in [0.1, 0.15) is 0 Å². The van der Waals surface area contributed by atoms with Crippen molar-refractivity contribution >= 4 is 5.91 Å². The summed E-state index contributed by atoms with van der Waals surface area (Å²) in [5, 5.41) is 10.4. The molecule has 0 saturated heterocycles. The summed E-state index contributed by atoms with van der Waals surface area (Å²) in [6, 6.07) is 0.512. The van der Waals surface area contributed by atoms with E-state index in [0.717, 1.165) is 6.54 Å². The zero-order chi connectivity index (χ0) is 13.5. The number of nitrogens with one attached hydrogen (secondary N) is 2. The molecule has 0 aliphatic heterocycles. The molecule has 1 aromatic rings. The van der Waals surface area contributed by atoms with Crippen LogP contribution in [0, 0.1) is 6.92 Å². The Morgan fingerprint density at radius 3 is 2.72 bits per heavy atom. The minimum atomic E-state index is 0.0969. The van der Waals surface area contributed by atoms with Crippen molar-refractivity contribution in [2.45, 2.75) is 52.7 Å². The number of rotatable bonds is 7. The van der Waals surface area contributed by atoms with Crippen molar-refractivity contribution in [2.75, 3.05) is 6.54 Å². The molecule has 0 fully saturated rings. The summed E-state index contributed by atoms with van der Waals surface area (Å²) < 4.78 is 1.92. The van der Waals surface area contributed by atoms with Crippen molar-refractivity contribution in [1.82, 2.24) is 20.4 Å². The third kappa shape index (κ3) is 5.82. The van der Waals surface area contributed by atoms with E-state index in [-0.39, 0.29) is 11.9 Å². The number of aromatic nitrogens is 2. The SMILES string of the molecule is Cc1cnn(C[C@@H](C)NCCC(=O)NC(C)C)c1. The lowest BCUT2D eigenvalue weighted by molar-refractivity contribution is -0.121. The molecule has 0 aromatic carbocycles. The number of carbonyl (C=O) groups excluding carboxylic acids is 1. The van der Waals surface area contributed by atoms with E-state index in [1.165, 1.54) is 5.56 Å². The maximum absolute atomic E-state index is 11.4. The van der Waals surface area contributed by atoms with E-state index in [2.05, 4.69) is 22.7 Å². The van der Waals surface area contributed by atoms with Crippen LogP contribution in [0.5, 0.6) is 0 Å². The van der Waals surface area contributed by atoms with E-state index in [0.29, 0.717) is 19.0 Å². The van der Waals surface area contributed by atoms with Crippen LogP contribution in [0.2, 0.25) is 0 Å². The van der Waals surface area contributed by atoms with Crippen molar-refractivity contribution in [3.63, 3.8) is 0 Å². The molecule has 0 saturated carbocycles. The lowest BCUT2D eigenvalue weighted by atomic mass is 10.3. The predicted octanol–water partition coefficient (Wildman–Crippen LogP) is 1.08. The summed E-state index contributed by atoms with van der Waals surface area (Å²) in [6.45, 7) is 9.57. The Hall–Kier alpha value is -1.36. The van der Waals surface area contributed by atoms with Crippen molar-refractivity contribution in [3.05, 3.63) is 18.0 Å². The number of amides is 1. The third-order valence-electron chi connectivity index (χ3n) is 2.52. The van der Waals surface area contributed by atoms with Crippen LogP contribution in [0.25, 0.3) is 0 Å². The zero-order valence-electron chi connectivity index (χ0n) is 11.7. The van der Waals surface area contributed by atoms with Crippen LogP contribution in [0.4, 0.5) is 0 Å².